The van der Waals surface area contributed by atoms with Crippen LogP contribution in [0, 0.1) is 0 Å². The van der Waals surface area contributed by atoms with Crippen molar-refractivity contribution >= 4 is 22.9 Å². The fourth-order valence-corrected chi connectivity index (χ4v) is 1.53. The van der Waals surface area contributed by atoms with E-state index < -0.39 is 0 Å². The molecule has 0 saturated heterocycles. The quantitative estimate of drug-likeness (QED) is 0.501. The highest BCUT2D eigenvalue weighted by molar-refractivity contribution is 5.83. The molecule has 18 heavy (non-hydrogen) atoms. The lowest BCUT2D eigenvalue weighted by Crippen LogP contribution is -2.10. The number of aromatic nitrogens is 4. The van der Waals surface area contributed by atoms with Gasteiger partial charge in [-0.2, -0.15) is 9.97 Å². The molecule has 98 valence electrons. The van der Waals surface area contributed by atoms with Crippen LogP contribution in [0.3, 0.4) is 0 Å². The monoisotopic (exact) mass is 252 g/mol. The molecule has 2 aromatic heterocycles. The zero-order valence-corrected chi connectivity index (χ0v) is 9.89. The molecule has 2 rings (SSSR count). The number of nitrogens with two attached hydrogens (primary N) is 1. The van der Waals surface area contributed by atoms with Gasteiger partial charge in [0.2, 0.25) is 5.95 Å². The first kappa shape index (κ1) is 12.5. The van der Waals surface area contributed by atoms with Crippen molar-refractivity contribution < 1.29 is 9.84 Å². The van der Waals surface area contributed by atoms with Gasteiger partial charge in [-0.05, 0) is 6.42 Å². The van der Waals surface area contributed by atoms with Gasteiger partial charge in [0.15, 0.2) is 11.5 Å². The number of nitrogen functional groups attached to an aromatic ring is 1. The van der Waals surface area contributed by atoms with Crippen LogP contribution in [0.25, 0.3) is 11.2 Å². The van der Waals surface area contributed by atoms with Crippen molar-refractivity contribution in [1.82, 2.24) is 19.9 Å². The Morgan fingerprint density at radius 3 is 3.11 bits per heavy atom. The molecule has 0 aromatic carbocycles. The van der Waals surface area contributed by atoms with Crippen LogP contribution in [0.5, 0.6) is 0 Å². The lowest BCUT2D eigenvalue weighted by atomic mass is 10.4. The Labute approximate surface area is 104 Å². The molecule has 0 radical (unpaired) electrons. The predicted molar refractivity (Wildman–Crippen MR) is 67.1 cm³/mol. The van der Waals surface area contributed by atoms with Crippen LogP contribution in [-0.2, 0) is 4.74 Å². The van der Waals surface area contributed by atoms with E-state index in [1.165, 1.54) is 0 Å². The molecule has 0 bridgehead atoms. The zero-order valence-electron chi connectivity index (χ0n) is 9.89. The molecule has 2 aromatic rings. The summed E-state index contributed by atoms with van der Waals surface area (Å²) in [5.41, 5.74) is 6.86. The molecule has 0 unspecified atom stereocenters. The van der Waals surface area contributed by atoms with Crippen LogP contribution >= 0.6 is 0 Å². The molecule has 8 heteroatoms. The Morgan fingerprint density at radius 1 is 1.39 bits per heavy atom. The first-order chi connectivity index (χ1) is 8.81. The predicted octanol–water partition coefficient (Wildman–Crippen LogP) is -0.254. The number of aliphatic hydroxyl groups excluding tert-OH is 1. The Bertz CT molecular complexity index is 500. The molecule has 2 heterocycles. The summed E-state index contributed by atoms with van der Waals surface area (Å²) >= 11 is 0. The molecule has 0 spiro atoms. The fraction of sp³-hybridized carbons (Fsp3) is 0.500. The van der Waals surface area contributed by atoms with Crippen molar-refractivity contribution in [2.45, 2.75) is 6.42 Å². The first-order valence-electron chi connectivity index (χ1n) is 5.70. The highest BCUT2D eigenvalue weighted by atomic mass is 16.5. The molecule has 0 saturated carbocycles. The minimum atomic E-state index is 0.0463. The summed E-state index contributed by atoms with van der Waals surface area (Å²) < 4.78 is 5.15. The van der Waals surface area contributed by atoms with Gasteiger partial charge in [0.25, 0.3) is 0 Å². The molecule has 5 N–H and O–H groups in total. The molecule has 0 atom stereocenters. The minimum Gasteiger partial charge on any atom is -0.394 e. The summed E-state index contributed by atoms with van der Waals surface area (Å²) in [6.07, 6.45) is 2.36. The molecule has 0 amide bonds. The zero-order chi connectivity index (χ0) is 12.8. The van der Waals surface area contributed by atoms with Gasteiger partial charge in [0, 0.05) is 13.2 Å². The van der Waals surface area contributed by atoms with Crippen molar-refractivity contribution in [1.29, 1.82) is 0 Å². The number of nitrogens with zero attached hydrogens (tertiary/aromatic N) is 3. The Morgan fingerprint density at radius 2 is 2.28 bits per heavy atom. The third-order valence-corrected chi connectivity index (χ3v) is 2.30. The molecule has 0 aliphatic rings. The second-order valence-electron chi connectivity index (χ2n) is 3.65. The second-order valence-corrected chi connectivity index (χ2v) is 3.65. The van der Waals surface area contributed by atoms with E-state index >= 15 is 0 Å². The van der Waals surface area contributed by atoms with Crippen LogP contribution < -0.4 is 11.1 Å². The molecular weight excluding hydrogens is 236 g/mol. The van der Waals surface area contributed by atoms with Crippen LogP contribution in [0.4, 0.5) is 11.8 Å². The summed E-state index contributed by atoms with van der Waals surface area (Å²) in [6.45, 7) is 1.69. The van der Waals surface area contributed by atoms with Gasteiger partial charge in [-0.15, -0.1) is 0 Å². The lowest BCUT2D eigenvalue weighted by Gasteiger charge is -2.07. The SMILES string of the molecule is Nc1nc(NCCCOCCO)c2[nH]cnc2n1. The highest BCUT2D eigenvalue weighted by Crippen LogP contribution is 2.16. The lowest BCUT2D eigenvalue weighted by molar-refractivity contribution is 0.0922. The number of nitrogens with one attached hydrogen (secondary N) is 2. The number of H-pyrrole nitrogens is 1. The smallest absolute Gasteiger partial charge is 0.224 e. The van der Waals surface area contributed by atoms with Gasteiger partial charge < -0.3 is 25.9 Å². The third kappa shape index (κ3) is 3.05. The summed E-state index contributed by atoms with van der Waals surface area (Å²) in [5.74, 6) is 0.825. The maximum absolute atomic E-state index is 8.54. The van der Waals surface area contributed by atoms with Crippen LogP contribution in [0.2, 0.25) is 0 Å². The number of hydrogen-bond donors (Lipinski definition) is 4. The first-order valence-corrected chi connectivity index (χ1v) is 5.70. The molecule has 0 fully saturated rings. The Kier molecular flexibility index (Phi) is 4.26. The van der Waals surface area contributed by atoms with E-state index in [9.17, 15) is 0 Å². The summed E-state index contributed by atoms with van der Waals surface area (Å²) in [6, 6.07) is 0. The van der Waals surface area contributed by atoms with Crippen molar-refractivity contribution in [2.75, 3.05) is 37.4 Å². The average molecular weight is 252 g/mol. The highest BCUT2D eigenvalue weighted by Gasteiger charge is 2.07. The number of aromatic amines is 1. The number of imidazole rings is 1. The maximum Gasteiger partial charge on any atom is 0.224 e. The second kappa shape index (κ2) is 6.12. The van der Waals surface area contributed by atoms with E-state index in [4.69, 9.17) is 15.6 Å². The van der Waals surface area contributed by atoms with Gasteiger partial charge in [0.1, 0.15) is 5.52 Å². The van der Waals surface area contributed by atoms with E-state index in [1.807, 2.05) is 0 Å². The maximum atomic E-state index is 8.54. The normalized spacial score (nSPS) is 10.9. The molecule has 0 aliphatic carbocycles. The standard InChI is InChI=1S/C10H16N6O2/c11-10-15-8(7-9(16-10)14-6-13-7)12-2-1-4-18-5-3-17/h6,17H,1-5H2,(H4,11,12,13,14,15,16). The van der Waals surface area contributed by atoms with Gasteiger partial charge in [0.05, 0.1) is 19.5 Å². The van der Waals surface area contributed by atoms with Crippen molar-refractivity contribution in [3.8, 4) is 0 Å². The third-order valence-electron chi connectivity index (χ3n) is 2.30. The van der Waals surface area contributed by atoms with Crippen LogP contribution in [0.15, 0.2) is 6.33 Å². The van der Waals surface area contributed by atoms with Gasteiger partial charge in [-0.3, -0.25) is 0 Å². The molecular formula is C10H16N6O2. The number of aliphatic hydroxyl groups is 1. The summed E-state index contributed by atoms with van der Waals surface area (Å²) in [7, 11) is 0. The summed E-state index contributed by atoms with van der Waals surface area (Å²) in [4.78, 5) is 15.1. The minimum absolute atomic E-state index is 0.0463. The van der Waals surface area contributed by atoms with Crippen molar-refractivity contribution in [3.63, 3.8) is 0 Å². The molecule has 0 aliphatic heterocycles. The summed E-state index contributed by atoms with van der Waals surface area (Å²) in [5, 5.41) is 11.7. The Balaban J connectivity index is 1.89. The largest absolute Gasteiger partial charge is 0.394 e. The van der Waals surface area contributed by atoms with E-state index in [0.29, 0.717) is 31.2 Å². The van der Waals surface area contributed by atoms with E-state index in [0.717, 1.165) is 11.9 Å². The van der Waals surface area contributed by atoms with E-state index in [-0.39, 0.29) is 12.6 Å². The number of fused-ring (bicyclic) bond motifs is 1. The number of ether oxygens (including phenoxy) is 1. The number of rotatable bonds is 7. The average Bonchev–Trinajstić information content (AvgIpc) is 2.81. The topological polar surface area (TPSA) is 122 Å². The van der Waals surface area contributed by atoms with E-state index in [1.54, 1.807) is 6.33 Å². The van der Waals surface area contributed by atoms with Crippen LogP contribution in [0.1, 0.15) is 6.42 Å². The Hall–Kier alpha value is -1.93. The van der Waals surface area contributed by atoms with Crippen molar-refractivity contribution in [3.05, 3.63) is 6.33 Å². The molecule has 8 nitrogen and oxygen atoms in total. The fourth-order valence-electron chi connectivity index (χ4n) is 1.53. The van der Waals surface area contributed by atoms with Crippen molar-refractivity contribution in [2.24, 2.45) is 0 Å². The van der Waals surface area contributed by atoms with Gasteiger partial charge in [-0.1, -0.05) is 0 Å². The number of anilines is 2. The number of hydrogen-bond acceptors (Lipinski definition) is 7. The van der Waals surface area contributed by atoms with E-state index in [2.05, 4.69) is 25.3 Å². The van der Waals surface area contributed by atoms with Gasteiger partial charge in [-0.25, -0.2) is 4.98 Å². The van der Waals surface area contributed by atoms with Gasteiger partial charge >= 0.3 is 0 Å². The van der Waals surface area contributed by atoms with Crippen LogP contribution in [-0.4, -0.2) is 51.4 Å².